The Kier molecular flexibility index (Phi) is 5.57. The molecule has 1 N–H and O–H groups in total. The molecular weight excluding hydrogens is 262 g/mol. The highest BCUT2D eigenvalue weighted by Gasteiger charge is 2.22. The van der Waals surface area contributed by atoms with Crippen molar-refractivity contribution in [1.82, 2.24) is 5.32 Å². The SMILES string of the molecule is CCNC1CCCC(Sc2ccc(C(C)(C)C)cc2)C1. The molecule has 1 fully saturated rings. The van der Waals surface area contributed by atoms with Gasteiger partial charge in [-0.2, -0.15) is 0 Å². The number of nitrogens with one attached hydrogen (secondary N) is 1. The van der Waals surface area contributed by atoms with Crippen molar-refractivity contribution in [3.8, 4) is 0 Å². The molecule has 1 aromatic rings. The second kappa shape index (κ2) is 7.00. The van der Waals surface area contributed by atoms with Crippen LogP contribution in [0.1, 0.15) is 58.9 Å². The first-order valence-electron chi connectivity index (χ1n) is 7.99. The Hall–Kier alpha value is -0.470. The maximum Gasteiger partial charge on any atom is 0.0109 e. The third-order valence-corrected chi connectivity index (χ3v) is 5.45. The molecule has 2 heteroatoms. The van der Waals surface area contributed by atoms with Crippen LogP contribution in [0.2, 0.25) is 0 Å². The van der Waals surface area contributed by atoms with Crippen LogP contribution in [0.5, 0.6) is 0 Å². The molecule has 20 heavy (non-hydrogen) atoms. The summed E-state index contributed by atoms with van der Waals surface area (Å²) in [5, 5.41) is 4.40. The van der Waals surface area contributed by atoms with Gasteiger partial charge in [0.1, 0.15) is 0 Å². The first kappa shape index (κ1) is 15.9. The van der Waals surface area contributed by atoms with Crippen LogP contribution in [0, 0.1) is 0 Å². The number of rotatable bonds is 4. The smallest absolute Gasteiger partial charge is 0.0109 e. The fraction of sp³-hybridized carbons (Fsp3) is 0.667. The molecule has 1 aromatic carbocycles. The van der Waals surface area contributed by atoms with E-state index in [2.05, 4.69) is 69.0 Å². The van der Waals surface area contributed by atoms with Crippen LogP contribution < -0.4 is 5.32 Å². The zero-order valence-corrected chi connectivity index (χ0v) is 14.2. The van der Waals surface area contributed by atoms with Crippen LogP contribution in [-0.4, -0.2) is 17.8 Å². The molecule has 0 heterocycles. The van der Waals surface area contributed by atoms with Gasteiger partial charge in [-0.1, -0.05) is 46.2 Å². The van der Waals surface area contributed by atoms with E-state index in [0.717, 1.165) is 17.8 Å². The van der Waals surface area contributed by atoms with Gasteiger partial charge in [-0.15, -0.1) is 11.8 Å². The second-order valence-corrected chi connectivity index (χ2v) is 8.31. The largest absolute Gasteiger partial charge is 0.314 e. The van der Waals surface area contributed by atoms with E-state index in [1.54, 1.807) is 0 Å². The van der Waals surface area contributed by atoms with Gasteiger partial charge in [0, 0.05) is 16.2 Å². The van der Waals surface area contributed by atoms with Crippen LogP contribution in [0.15, 0.2) is 29.2 Å². The van der Waals surface area contributed by atoms with E-state index in [-0.39, 0.29) is 5.41 Å². The summed E-state index contributed by atoms with van der Waals surface area (Å²) in [4.78, 5) is 1.43. The molecule has 0 aliphatic heterocycles. The first-order valence-corrected chi connectivity index (χ1v) is 8.87. The third-order valence-electron chi connectivity index (χ3n) is 4.14. The van der Waals surface area contributed by atoms with Gasteiger partial charge >= 0.3 is 0 Å². The molecule has 0 radical (unpaired) electrons. The van der Waals surface area contributed by atoms with Crippen molar-refractivity contribution in [3.05, 3.63) is 29.8 Å². The van der Waals surface area contributed by atoms with Crippen LogP contribution in [0.25, 0.3) is 0 Å². The van der Waals surface area contributed by atoms with Gasteiger partial charge in [-0.25, -0.2) is 0 Å². The van der Waals surface area contributed by atoms with Gasteiger partial charge in [0.25, 0.3) is 0 Å². The minimum Gasteiger partial charge on any atom is -0.314 e. The van der Waals surface area contributed by atoms with E-state index in [1.165, 1.54) is 36.1 Å². The number of hydrogen-bond donors (Lipinski definition) is 1. The van der Waals surface area contributed by atoms with Crippen molar-refractivity contribution in [3.63, 3.8) is 0 Å². The van der Waals surface area contributed by atoms with Gasteiger partial charge in [-0.05, 0) is 48.9 Å². The van der Waals surface area contributed by atoms with E-state index in [0.29, 0.717) is 0 Å². The highest BCUT2D eigenvalue weighted by atomic mass is 32.2. The molecule has 1 aliphatic rings. The summed E-state index contributed by atoms with van der Waals surface area (Å²) < 4.78 is 0. The van der Waals surface area contributed by atoms with Gasteiger partial charge < -0.3 is 5.32 Å². The molecule has 2 unspecified atom stereocenters. The van der Waals surface area contributed by atoms with E-state index >= 15 is 0 Å². The van der Waals surface area contributed by atoms with Crippen molar-refractivity contribution in [2.24, 2.45) is 0 Å². The van der Waals surface area contributed by atoms with Crippen LogP contribution in [0.4, 0.5) is 0 Å². The Labute approximate surface area is 128 Å². The quantitative estimate of drug-likeness (QED) is 0.838. The lowest BCUT2D eigenvalue weighted by Crippen LogP contribution is -2.34. The van der Waals surface area contributed by atoms with Crippen molar-refractivity contribution in [1.29, 1.82) is 0 Å². The van der Waals surface area contributed by atoms with E-state index in [4.69, 9.17) is 0 Å². The second-order valence-electron chi connectivity index (χ2n) is 6.94. The molecule has 0 bridgehead atoms. The summed E-state index contributed by atoms with van der Waals surface area (Å²) >= 11 is 2.07. The van der Waals surface area contributed by atoms with Crippen LogP contribution >= 0.6 is 11.8 Å². The monoisotopic (exact) mass is 291 g/mol. The summed E-state index contributed by atoms with van der Waals surface area (Å²) in [6, 6.07) is 9.95. The maximum absolute atomic E-state index is 3.62. The summed E-state index contributed by atoms with van der Waals surface area (Å²) in [6.45, 7) is 10.1. The summed E-state index contributed by atoms with van der Waals surface area (Å²) in [7, 11) is 0. The summed E-state index contributed by atoms with van der Waals surface area (Å²) in [6.07, 6.45) is 5.41. The summed E-state index contributed by atoms with van der Waals surface area (Å²) in [5.74, 6) is 0. The Morgan fingerprint density at radius 2 is 1.85 bits per heavy atom. The lowest BCUT2D eigenvalue weighted by atomic mass is 9.87. The van der Waals surface area contributed by atoms with Gasteiger partial charge in [0.05, 0.1) is 0 Å². The zero-order valence-electron chi connectivity index (χ0n) is 13.4. The van der Waals surface area contributed by atoms with Crippen molar-refractivity contribution < 1.29 is 0 Å². The Morgan fingerprint density at radius 3 is 2.45 bits per heavy atom. The standard InChI is InChI=1S/C18H29NS/c1-5-19-15-7-6-8-17(13-15)20-16-11-9-14(10-12-16)18(2,3)4/h9-12,15,17,19H,5-8,13H2,1-4H3. The maximum atomic E-state index is 3.62. The van der Waals surface area contributed by atoms with Crippen molar-refractivity contribution in [2.45, 2.75) is 75.0 Å². The highest BCUT2D eigenvalue weighted by Crippen LogP contribution is 2.34. The molecule has 0 spiro atoms. The van der Waals surface area contributed by atoms with E-state index < -0.39 is 0 Å². The molecule has 0 amide bonds. The number of benzene rings is 1. The van der Waals surface area contributed by atoms with Crippen molar-refractivity contribution >= 4 is 11.8 Å². The Morgan fingerprint density at radius 1 is 1.15 bits per heavy atom. The van der Waals surface area contributed by atoms with Crippen LogP contribution in [0.3, 0.4) is 0 Å². The van der Waals surface area contributed by atoms with Gasteiger partial charge in [-0.3, -0.25) is 0 Å². The topological polar surface area (TPSA) is 12.0 Å². The molecule has 0 saturated heterocycles. The predicted molar refractivity (Wildman–Crippen MR) is 90.7 cm³/mol. The molecular formula is C18H29NS. The zero-order chi connectivity index (χ0) is 14.6. The van der Waals surface area contributed by atoms with Gasteiger partial charge in [0.2, 0.25) is 0 Å². The highest BCUT2D eigenvalue weighted by molar-refractivity contribution is 8.00. The average Bonchev–Trinajstić information content (AvgIpc) is 2.39. The normalized spacial score (nSPS) is 23.8. The molecule has 112 valence electrons. The predicted octanol–water partition coefficient (Wildman–Crippen LogP) is 5.00. The Bertz CT molecular complexity index is 402. The first-order chi connectivity index (χ1) is 9.49. The molecule has 2 rings (SSSR count). The molecule has 2 atom stereocenters. The third kappa shape index (κ3) is 4.53. The van der Waals surface area contributed by atoms with E-state index in [1.807, 2.05) is 0 Å². The minimum absolute atomic E-state index is 0.254. The minimum atomic E-state index is 0.254. The van der Waals surface area contributed by atoms with Crippen LogP contribution in [-0.2, 0) is 5.41 Å². The summed E-state index contributed by atoms with van der Waals surface area (Å²) in [5.41, 5.74) is 1.68. The van der Waals surface area contributed by atoms with E-state index in [9.17, 15) is 0 Å². The molecule has 1 aliphatic carbocycles. The lowest BCUT2D eigenvalue weighted by Gasteiger charge is -2.29. The van der Waals surface area contributed by atoms with Crippen molar-refractivity contribution in [2.75, 3.05) is 6.54 Å². The average molecular weight is 292 g/mol. The lowest BCUT2D eigenvalue weighted by molar-refractivity contribution is 0.388. The van der Waals surface area contributed by atoms with Gasteiger partial charge in [0.15, 0.2) is 0 Å². The molecule has 0 aromatic heterocycles. The Balaban J connectivity index is 1.93. The molecule has 1 nitrogen and oxygen atoms in total. The fourth-order valence-corrected chi connectivity index (χ4v) is 4.24. The number of hydrogen-bond acceptors (Lipinski definition) is 2. The molecule has 1 saturated carbocycles. The number of thioether (sulfide) groups is 1. The fourth-order valence-electron chi connectivity index (χ4n) is 2.95.